The smallest absolute Gasteiger partial charge is 0.254 e. The predicted octanol–water partition coefficient (Wildman–Crippen LogP) is 2.63. The van der Waals surface area contributed by atoms with Crippen molar-refractivity contribution in [3.05, 3.63) is 63.3 Å². The quantitative estimate of drug-likeness (QED) is 0.944. The molecule has 4 heteroatoms. The van der Waals surface area contributed by atoms with Gasteiger partial charge in [0.05, 0.1) is 5.69 Å². The van der Waals surface area contributed by atoms with Crippen molar-refractivity contribution in [3.8, 4) is 0 Å². The molecule has 1 aromatic carbocycles. The molecule has 2 heterocycles. The van der Waals surface area contributed by atoms with Gasteiger partial charge in [-0.3, -0.25) is 9.69 Å². The topological polar surface area (TPSA) is 49.0 Å². The standard InChI is InChI=1S/C18H23N3O/c1-13(15-6-4-3-5-7-15)8-10-21-11-9-16-17(12-21)19-14(2)20-18(16)22/h3-7,13H,8-12H2,1-2H3,(H,19,20,22). The first-order valence-electron chi connectivity index (χ1n) is 7.99. The molecule has 0 radical (unpaired) electrons. The summed E-state index contributed by atoms with van der Waals surface area (Å²) >= 11 is 0. The van der Waals surface area contributed by atoms with Gasteiger partial charge in [-0.1, -0.05) is 37.3 Å². The summed E-state index contributed by atoms with van der Waals surface area (Å²) in [6.45, 7) is 6.91. The number of aromatic amines is 1. The first-order valence-corrected chi connectivity index (χ1v) is 7.99. The van der Waals surface area contributed by atoms with Gasteiger partial charge in [0.2, 0.25) is 0 Å². The van der Waals surface area contributed by atoms with Gasteiger partial charge >= 0.3 is 0 Å². The Labute approximate surface area is 131 Å². The summed E-state index contributed by atoms with van der Waals surface area (Å²) in [6.07, 6.45) is 1.93. The Bertz CT molecular complexity index is 693. The number of H-pyrrole nitrogens is 1. The first-order chi connectivity index (χ1) is 10.6. The molecule has 1 aliphatic rings. The van der Waals surface area contributed by atoms with Crippen LogP contribution in [0.15, 0.2) is 35.1 Å². The van der Waals surface area contributed by atoms with E-state index in [1.807, 2.05) is 6.92 Å². The SMILES string of the molecule is Cc1nc2c(c(=O)[nH]1)CCN(CCC(C)c1ccccc1)C2. The van der Waals surface area contributed by atoms with Crippen LogP contribution < -0.4 is 5.56 Å². The first kappa shape index (κ1) is 15.0. The molecule has 0 bridgehead atoms. The number of aromatic nitrogens is 2. The molecule has 22 heavy (non-hydrogen) atoms. The van der Waals surface area contributed by atoms with E-state index in [-0.39, 0.29) is 5.56 Å². The summed E-state index contributed by atoms with van der Waals surface area (Å²) in [6, 6.07) is 10.6. The summed E-state index contributed by atoms with van der Waals surface area (Å²) in [5, 5.41) is 0. The maximum absolute atomic E-state index is 11.9. The van der Waals surface area contributed by atoms with Crippen LogP contribution in [0.4, 0.5) is 0 Å². The minimum absolute atomic E-state index is 0.0415. The van der Waals surface area contributed by atoms with Gasteiger partial charge in [-0.25, -0.2) is 4.98 Å². The highest BCUT2D eigenvalue weighted by molar-refractivity contribution is 5.21. The van der Waals surface area contributed by atoms with Gasteiger partial charge < -0.3 is 4.98 Å². The molecule has 0 saturated carbocycles. The van der Waals surface area contributed by atoms with Crippen molar-refractivity contribution in [1.82, 2.24) is 14.9 Å². The lowest BCUT2D eigenvalue weighted by molar-refractivity contribution is 0.240. The van der Waals surface area contributed by atoms with Crippen LogP contribution >= 0.6 is 0 Å². The van der Waals surface area contributed by atoms with Gasteiger partial charge in [0.1, 0.15) is 5.82 Å². The van der Waals surface area contributed by atoms with E-state index in [0.717, 1.165) is 43.7 Å². The Balaban J connectivity index is 1.62. The van der Waals surface area contributed by atoms with Crippen LogP contribution in [0.5, 0.6) is 0 Å². The molecule has 0 saturated heterocycles. The third-order valence-corrected chi connectivity index (χ3v) is 4.52. The van der Waals surface area contributed by atoms with E-state index in [1.54, 1.807) is 0 Å². The van der Waals surface area contributed by atoms with Crippen LogP contribution in [-0.2, 0) is 13.0 Å². The third-order valence-electron chi connectivity index (χ3n) is 4.52. The van der Waals surface area contributed by atoms with Crippen LogP contribution in [-0.4, -0.2) is 28.0 Å². The second-order valence-corrected chi connectivity index (χ2v) is 6.20. The van der Waals surface area contributed by atoms with Crippen LogP contribution in [0, 0.1) is 6.92 Å². The highest BCUT2D eigenvalue weighted by Crippen LogP contribution is 2.21. The van der Waals surface area contributed by atoms with Gasteiger partial charge in [0.25, 0.3) is 5.56 Å². The van der Waals surface area contributed by atoms with Crippen molar-refractivity contribution >= 4 is 0 Å². The molecule has 3 rings (SSSR count). The van der Waals surface area contributed by atoms with E-state index >= 15 is 0 Å². The zero-order chi connectivity index (χ0) is 15.5. The molecule has 0 amide bonds. The van der Waals surface area contributed by atoms with Gasteiger partial charge in [0.15, 0.2) is 0 Å². The minimum Gasteiger partial charge on any atom is -0.311 e. The van der Waals surface area contributed by atoms with E-state index in [4.69, 9.17) is 0 Å². The van der Waals surface area contributed by atoms with Gasteiger partial charge in [0, 0.05) is 18.7 Å². The van der Waals surface area contributed by atoms with E-state index in [9.17, 15) is 4.79 Å². The van der Waals surface area contributed by atoms with Crippen LogP contribution in [0.2, 0.25) is 0 Å². The van der Waals surface area contributed by atoms with E-state index in [0.29, 0.717) is 11.7 Å². The van der Waals surface area contributed by atoms with Crippen LogP contribution in [0.3, 0.4) is 0 Å². The molecular formula is C18H23N3O. The summed E-state index contributed by atoms with van der Waals surface area (Å²) in [5.41, 5.74) is 3.27. The molecule has 0 aliphatic carbocycles. The Hall–Kier alpha value is -1.94. The fraction of sp³-hybridized carbons (Fsp3) is 0.444. The second-order valence-electron chi connectivity index (χ2n) is 6.20. The lowest BCUT2D eigenvalue weighted by atomic mass is 9.97. The number of hydrogen-bond acceptors (Lipinski definition) is 3. The van der Waals surface area contributed by atoms with Crippen molar-refractivity contribution in [3.63, 3.8) is 0 Å². The molecule has 1 aliphatic heterocycles. The number of fused-ring (bicyclic) bond motifs is 1. The predicted molar refractivity (Wildman–Crippen MR) is 88.0 cm³/mol. The maximum Gasteiger partial charge on any atom is 0.254 e. The lowest BCUT2D eigenvalue weighted by Crippen LogP contribution is -2.36. The molecule has 2 aromatic rings. The summed E-state index contributed by atoms with van der Waals surface area (Å²) in [4.78, 5) is 21.7. The van der Waals surface area contributed by atoms with Crippen molar-refractivity contribution in [2.45, 2.75) is 39.2 Å². The fourth-order valence-electron chi connectivity index (χ4n) is 3.13. The number of aryl methyl sites for hydroxylation is 1. The van der Waals surface area contributed by atoms with Gasteiger partial charge in [-0.15, -0.1) is 0 Å². The number of rotatable bonds is 4. The molecule has 1 N–H and O–H groups in total. The van der Waals surface area contributed by atoms with Gasteiger partial charge in [-0.05, 0) is 37.8 Å². The summed E-state index contributed by atoms with van der Waals surface area (Å²) in [7, 11) is 0. The van der Waals surface area contributed by atoms with Crippen molar-refractivity contribution in [1.29, 1.82) is 0 Å². The molecule has 0 fully saturated rings. The molecule has 1 unspecified atom stereocenters. The molecule has 0 spiro atoms. The molecule has 116 valence electrons. The van der Waals surface area contributed by atoms with Gasteiger partial charge in [-0.2, -0.15) is 0 Å². The average molecular weight is 297 g/mol. The Morgan fingerprint density at radius 2 is 2.09 bits per heavy atom. The highest BCUT2D eigenvalue weighted by Gasteiger charge is 2.20. The summed E-state index contributed by atoms with van der Waals surface area (Å²) in [5.74, 6) is 1.26. The van der Waals surface area contributed by atoms with Crippen LogP contribution in [0.1, 0.15) is 41.9 Å². The second kappa shape index (κ2) is 6.44. The van der Waals surface area contributed by atoms with Crippen molar-refractivity contribution in [2.24, 2.45) is 0 Å². The molecule has 4 nitrogen and oxygen atoms in total. The van der Waals surface area contributed by atoms with Crippen molar-refractivity contribution in [2.75, 3.05) is 13.1 Å². The maximum atomic E-state index is 11.9. The van der Waals surface area contributed by atoms with Crippen LogP contribution in [0.25, 0.3) is 0 Å². The largest absolute Gasteiger partial charge is 0.311 e. The number of nitrogens with one attached hydrogen (secondary N) is 1. The lowest BCUT2D eigenvalue weighted by Gasteiger charge is -2.28. The van der Waals surface area contributed by atoms with E-state index < -0.39 is 0 Å². The molecule has 1 atom stereocenters. The fourth-order valence-corrected chi connectivity index (χ4v) is 3.13. The Morgan fingerprint density at radius 1 is 1.32 bits per heavy atom. The summed E-state index contributed by atoms with van der Waals surface area (Å²) < 4.78 is 0. The van der Waals surface area contributed by atoms with Crippen molar-refractivity contribution < 1.29 is 0 Å². The highest BCUT2D eigenvalue weighted by atomic mass is 16.1. The Morgan fingerprint density at radius 3 is 2.86 bits per heavy atom. The zero-order valence-electron chi connectivity index (χ0n) is 13.3. The number of benzene rings is 1. The average Bonchev–Trinajstić information content (AvgIpc) is 2.53. The number of hydrogen-bond donors (Lipinski definition) is 1. The molecular weight excluding hydrogens is 274 g/mol. The van der Waals surface area contributed by atoms with E-state index in [1.165, 1.54) is 5.56 Å². The monoisotopic (exact) mass is 297 g/mol. The Kier molecular flexibility index (Phi) is 4.39. The molecule has 1 aromatic heterocycles. The zero-order valence-corrected chi connectivity index (χ0v) is 13.3. The third kappa shape index (κ3) is 3.28. The van der Waals surface area contributed by atoms with E-state index in [2.05, 4.69) is 52.1 Å². The minimum atomic E-state index is 0.0415. The number of nitrogens with zero attached hydrogens (tertiary/aromatic N) is 2. The normalized spacial score (nSPS) is 16.3.